The minimum atomic E-state index is -0.565. The van der Waals surface area contributed by atoms with Gasteiger partial charge >= 0.3 is 0 Å². The maximum absolute atomic E-state index is 11.7. The Morgan fingerprint density at radius 3 is 2.64 bits per heavy atom. The van der Waals surface area contributed by atoms with Crippen LogP contribution in [0, 0.1) is 6.92 Å². The Balaban J connectivity index is 1.97. The number of furan rings is 1. The molecule has 0 fully saturated rings. The zero-order valence-corrected chi connectivity index (χ0v) is 16.0. The van der Waals surface area contributed by atoms with Crippen molar-refractivity contribution >= 4 is 49.9 Å². The first-order valence-electron chi connectivity index (χ1n) is 6.86. The SMILES string of the molecule is Cc1c(Br)c(O)c(Br)c(O)c1/C=N\NC(=O)CNC(=O)c1ccco1. The number of hydrogen-bond acceptors (Lipinski definition) is 6. The number of carbonyl (C=O) groups excluding carboxylic acids is 2. The molecule has 0 spiro atoms. The zero-order chi connectivity index (χ0) is 18.6. The van der Waals surface area contributed by atoms with Crippen LogP contribution in [0.3, 0.4) is 0 Å². The molecule has 1 aromatic carbocycles. The zero-order valence-electron chi connectivity index (χ0n) is 12.8. The Bertz CT molecular complexity index is 805. The summed E-state index contributed by atoms with van der Waals surface area (Å²) in [5, 5.41) is 25.9. The van der Waals surface area contributed by atoms with Gasteiger partial charge in [0, 0.05) is 5.56 Å². The standard InChI is InChI=1S/C15H13Br2N3O5/c1-7-8(13(22)12(17)14(23)11(7)16)5-19-20-10(21)6-18-15(24)9-3-2-4-25-9/h2-5,22-23H,6H2,1H3,(H,18,24)(H,20,21)/b19-5-. The average molecular weight is 475 g/mol. The summed E-state index contributed by atoms with van der Waals surface area (Å²) < 4.78 is 5.38. The molecule has 4 N–H and O–H groups in total. The highest BCUT2D eigenvalue weighted by atomic mass is 79.9. The fourth-order valence-corrected chi connectivity index (χ4v) is 2.91. The maximum atomic E-state index is 11.7. The molecule has 1 aromatic heterocycles. The second-order valence-corrected chi connectivity index (χ2v) is 6.40. The summed E-state index contributed by atoms with van der Waals surface area (Å²) in [5.74, 6) is -1.36. The lowest BCUT2D eigenvalue weighted by atomic mass is 10.1. The van der Waals surface area contributed by atoms with Crippen LogP contribution in [0.5, 0.6) is 11.5 Å². The highest BCUT2D eigenvalue weighted by Gasteiger charge is 2.17. The minimum Gasteiger partial charge on any atom is -0.506 e. The maximum Gasteiger partial charge on any atom is 0.287 e. The van der Waals surface area contributed by atoms with E-state index in [2.05, 4.69) is 47.7 Å². The molecule has 2 amide bonds. The van der Waals surface area contributed by atoms with Gasteiger partial charge in [0.1, 0.15) is 16.0 Å². The van der Waals surface area contributed by atoms with Crippen molar-refractivity contribution in [3.8, 4) is 11.5 Å². The fraction of sp³-hybridized carbons (Fsp3) is 0.133. The van der Waals surface area contributed by atoms with Gasteiger partial charge in [-0.1, -0.05) is 0 Å². The highest BCUT2D eigenvalue weighted by Crippen LogP contribution is 2.43. The third-order valence-electron chi connectivity index (χ3n) is 3.15. The molecule has 2 rings (SSSR count). The van der Waals surface area contributed by atoms with Gasteiger partial charge in [0.05, 0.1) is 23.5 Å². The molecule has 8 nitrogen and oxygen atoms in total. The topological polar surface area (TPSA) is 124 Å². The lowest BCUT2D eigenvalue weighted by Crippen LogP contribution is -2.34. The van der Waals surface area contributed by atoms with E-state index in [1.165, 1.54) is 18.5 Å². The summed E-state index contributed by atoms with van der Waals surface area (Å²) in [4.78, 5) is 23.3. The van der Waals surface area contributed by atoms with Crippen molar-refractivity contribution in [1.29, 1.82) is 0 Å². The Kier molecular flexibility index (Phi) is 6.21. The first-order valence-corrected chi connectivity index (χ1v) is 8.44. The van der Waals surface area contributed by atoms with E-state index < -0.39 is 11.8 Å². The number of carbonyl (C=O) groups is 2. The molecular formula is C15H13Br2N3O5. The lowest BCUT2D eigenvalue weighted by Gasteiger charge is -2.10. The van der Waals surface area contributed by atoms with E-state index in [0.717, 1.165) is 0 Å². The summed E-state index contributed by atoms with van der Waals surface area (Å²) in [6, 6.07) is 3.03. The third kappa shape index (κ3) is 4.40. The van der Waals surface area contributed by atoms with Crippen LogP contribution >= 0.6 is 31.9 Å². The molecular weight excluding hydrogens is 462 g/mol. The lowest BCUT2D eigenvalue weighted by molar-refractivity contribution is -0.120. The molecule has 0 aliphatic carbocycles. The summed E-state index contributed by atoms with van der Waals surface area (Å²) in [6.45, 7) is 1.35. The summed E-state index contributed by atoms with van der Waals surface area (Å²) in [5.41, 5.74) is 3.05. The van der Waals surface area contributed by atoms with Crippen molar-refractivity contribution in [2.24, 2.45) is 5.10 Å². The molecule has 0 aliphatic heterocycles. The summed E-state index contributed by atoms with van der Waals surface area (Å²) in [7, 11) is 0. The van der Waals surface area contributed by atoms with Crippen LogP contribution in [-0.4, -0.2) is 34.8 Å². The number of phenols is 2. The molecule has 0 aliphatic rings. The Morgan fingerprint density at radius 1 is 1.28 bits per heavy atom. The Morgan fingerprint density at radius 2 is 2.00 bits per heavy atom. The predicted molar refractivity (Wildman–Crippen MR) is 96.7 cm³/mol. The number of halogens is 2. The van der Waals surface area contributed by atoms with E-state index in [9.17, 15) is 19.8 Å². The van der Waals surface area contributed by atoms with Gasteiger partial charge < -0.3 is 19.9 Å². The molecule has 0 atom stereocenters. The fourth-order valence-electron chi connectivity index (χ4n) is 1.82. The van der Waals surface area contributed by atoms with Crippen molar-refractivity contribution < 1.29 is 24.2 Å². The first-order chi connectivity index (χ1) is 11.8. The van der Waals surface area contributed by atoms with Crippen molar-refractivity contribution in [3.63, 3.8) is 0 Å². The van der Waals surface area contributed by atoms with Crippen LogP contribution in [0.15, 0.2) is 36.9 Å². The number of hydrazone groups is 1. The van der Waals surface area contributed by atoms with E-state index >= 15 is 0 Å². The number of benzene rings is 1. The molecule has 10 heteroatoms. The van der Waals surface area contributed by atoms with E-state index in [0.29, 0.717) is 15.6 Å². The van der Waals surface area contributed by atoms with Gasteiger partial charge in [-0.2, -0.15) is 5.10 Å². The van der Waals surface area contributed by atoms with Crippen LogP contribution in [0.4, 0.5) is 0 Å². The van der Waals surface area contributed by atoms with Gasteiger partial charge in [-0.25, -0.2) is 5.43 Å². The molecule has 0 unspecified atom stereocenters. The van der Waals surface area contributed by atoms with Gasteiger partial charge in [-0.3, -0.25) is 9.59 Å². The highest BCUT2D eigenvalue weighted by molar-refractivity contribution is 9.11. The van der Waals surface area contributed by atoms with Gasteiger partial charge in [0.15, 0.2) is 5.76 Å². The third-order valence-corrected chi connectivity index (χ3v) is 4.87. The molecule has 0 radical (unpaired) electrons. The van der Waals surface area contributed by atoms with Gasteiger partial charge in [0.2, 0.25) is 0 Å². The molecule has 2 aromatic rings. The summed E-state index contributed by atoms with van der Waals surface area (Å²) >= 11 is 6.26. The predicted octanol–water partition coefficient (Wildman–Crippen LogP) is 2.40. The van der Waals surface area contributed by atoms with E-state index in [-0.39, 0.29) is 28.3 Å². The van der Waals surface area contributed by atoms with Crippen molar-refractivity contribution in [1.82, 2.24) is 10.7 Å². The molecule has 0 saturated carbocycles. The Hall–Kier alpha value is -2.33. The number of hydrogen-bond donors (Lipinski definition) is 4. The average Bonchev–Trinajstić information content (AvgIpc) is 3.14. The number of phenolic OH excluding ortho intramolecular Hbond substituents is 2. The van der Waals surface area contributed by atoms with Crippen molar-refractivity contribution in [2.45, 2.75) is 6.92 Å². The number of rotatable bonds is 5. The summed E-state index contributed by atoms with van der Waals surface area (Å²) in [6.07, 6.45) is 2.58. The Labute approximate surface area is 159 Å². The second-order valence-electron chi connectivity index (χ2n) is 4.82. The molecule has 0 saturated heterocycles. The largest absolute Gasteiger partial charge is 0.506 e. The number of aromatic hydroxyl groups is 2. The van der Waals surface area contributed by atoms with Gasteiger partial charge in [-0.15, -0.1) is 0 Å². The van der Waals surface area contributed by atoms with Crippen molar-refractivity contribution in [2.75, 3.05) is 6.54 Å². The molecule has 132 valence electrons. The van der Waals surface area contributed by atoms with Crippen LogP contribution < -0.4 is 10.7 Å². The van der Waals surface area contributed by atoms with Crippen LogP contribution in [-0.2, 0) is 4.79 Å². The van der Waals surface area contributed by atoms with Crippen LogP contribution in [0.25, 0.3) is 0 Å². The molecule has 25 heavy (non-hydrogen) atoms. The van der Waals surface area contributed by atoms with E-state index in [1.807, 2.05) is 0 Å². The normalized spacial score (nSPS) is 10.8. The van der Waals surface area contributed by atoms with Crippen LogP contribution in [0.1, 0.15) is 21.7 Å². The van der Waals surface area contributed by atoms with Crippen LogP contribution in [0.2, 0.25) is 0 Å². The first kappa shape index (κ1) is 19.0. The van der Waals surface area contributed by atoms with Gasteiger partial charge in [-0.05, 0) is 56.5 Å². The number of nitrogens with one attached hydrogen (secondary N) is 2. The quantitative estimate of drug-likeness (QED) is 0.391. The second kappa shape index (κ2) is 8.17. The monoisotopic (exact) mass is 473 g/mol. The van der Waals surface area contributed by atoms with E-state index in [4.69, 9.17) is 4.42 Å². The van der Waals surface area contributed by atoms with Crippen molar-refractivity contribution in [3.05, 3.63) is 44.2 Å². The molecule has 0 bridgehead atoms. The minimum absolute atomic E-state index is 0.0932. The van der Waals surface area contributed by atoms with E-state index in [1.54, 1.807) is 13.0 Å². The number of nitrogens with zero attached hydrogens (tertiary/aromatic N) is 1. The van der Waals surface area contributed by atoms with Gasteiger partial charge in [0.25, 0.3) is 11.8 Å². The molecule has 1 heterocycles. The number of amides is 2. The smallest absolute Gasteiger partial charge is 0.287 e.